The van der Waals surface area contributed by atoms with Crippen LogP contribution in [0.1, 0.15) is 12.5 Å². The molecule has 1 aromatic rings. The quantitative estimate of drug-likeness (QED) is 0.643. The summed E-state index contributed by atoms with van der Waals surface area (Å²) in [4.78, 5) is 13.3. The first-order chi connectivity index (χ1) is 8.13. The lowest BCUT2D eigenvalue weighted by molar-refractivity contribution is -0.122. The number of thiocarbonyl (C=S) groups is 1. The van der Waals surface area contributed by atoms with Crippen molar-refractivity contribution in [3.05, 3.63) is 41.3 Å². The Labute approximate surface area is 104 Å². The molecule has 1 aliphatic rings. The summed E-state index contributed by atoms with van der Waals surface area (Å²) in [5.74, 6) is -0.587. The van der Waals surface area contributed by atoms with E-state index < -0.39 is 0 Å². The minimum atomic E-state index is -0.365. The molecule has 1 saturated heterocycles. The highest BCUT2D eigenvalue weighted by Crippen LogP contribution is 2.15. The van der Waals surface area contributed by atoms with Crippen LogP contribution in [0.2, 0.25) is 0 Å². The fourth-order valence-corrected chi connectivity index (χ4v) is 1.93. The Balaban J connectivity index is 2.34. The molecule has 1 fully saturated rings. The van der Waals surface area contributed by atoms with Gasteiger partial charge in [-0.05, 0) is 31.3 Å². The average molecular weight is 250 g/mol. The molecule has 0 spiro atoms. The van der Waals surface area contributed by atoms with Crippen molar-refractivity contribution < 1.29 is 9.18 Å². The summed E-state index contributed by atoms with van der Waals surface area (Å²) in [6, 6.07) is 6.27. The highest BCUT2D eigenvalue weighted by Gasteiger charge is 2.29. The Kier molecular flexibility index (Phi) is 3.19. The molecular weight excluding hydrogens is 239 g/mol. The summed E-state index contributed by atoms with van der Waals surface area (Å²) >= 11 is 5.00. The number of likely N-dealkylation sites (N-methyl/N-ethyl adjacent to an activating group) is 1. The molecule has 0 radical (unpaired) electrons. The normalized spacial score (nSPS) is 17.8. The predicted molar refractivity (Wildman–Crippen MR) is 67.5 cm³/mol. The molecule has 0 aromatic heterocycles. The molecule has 1 amide bonds. The summed E-state index contributed by atoms with van der Waals surface area (Å²) in [7, 11) is 0. The molecule has 1 heterocycles. The van der Waals surface area contributed by atoms with Crippen LogP contribution in [0, 0.1) is 5.82 Å². The van der Waals surface area contributed by atoms with Gasteiger partial charge in [0, 0.05) is 12.1 Å². The third kappa shape index (κ3) is 2.19. The molecule has 0 bridgehead atoms. The van der Waals surface area contributed by atoms with E-state index in [4.69, 9.17) is 12.2 Å². The second-order valence-corrected chi connectivity index (χ2v) is 3.95. The summed E-state index contributed by atoms with van der Waals surface area (Å²) < 4.78 is 13.4. The van der Waals surface area contributed by atoms with E-state index in [-0.39, 0.29) is 11.7 Å². The molecule has 1 aliphatic heterocycles. The lowest BCUT2D eigenvalue weighted by atomic mass is 10.2. The smallest absolute Gasteiger partial charge is 0.276 e. The molecule has 1 aromatic carbocycles. The van der Waals surface area contributed by atoms with E-state index >= 15 is 0 Å². The van der Waals surface area contributed by atoms with E-state index in [1.807, 2.05) is 6.92 Å². The van der Waals surface area contributed by atoms with Crippen molar-refractivity contribution in [1.29, 1.82) is 0 Å². The molecule has 1 N–H and O–H groups in total. The van der Waals surface area contributed by atoms with Crippen LogP contribution in [0.25, 0.3) is 6.08 Å². The molecule has 5 heteroatoms. The highest BCUT2D eigenvalue weighted by atomic mass is 32.1. The van der Waals surface area contributed by atoms with Gasteiger partial charge in [0.2, 0.25) is 0 Å². The zero-order valence-corrected chi connectivity index (χ0v) is 10.1. The van der Waals surface area contributed by atoms with Gasteiger partial charge in [0.25, 0.3) is 5.91 Å². The highest BCUT2D eigenvalue weighted by molar-refractivity contribution is 7.80. The van der Waals surface area contributed by atoms with Gasteiger partial charge in [-0.2, -0.15) is 0 Å². The molecular formula is C12H11FN2OS. The molecule has 0 aliphatic carbocycles. The van der Waals surface area contributed by atoms with Crippen molar-refractivity contribution in [2.24, 2.45) is 0 Å². The second-order valence-electron chi connectivity index (χ2n) is 3.56. The number of hydrogen-bond acceptors (Lipinski definition) is 2. The van der Waals surface area contributed by atoms with Crippen LogP contribution in [0.4, 0.5) is 4.39 Å². The minimum Gasteiger partial charge on any atom is -0.328 e. The van der Waals surface area contributed by atoms with Gasteiger partial charge in [-0.25, -0.2) is 4.39 Å². The maximum Gasteiger partial charge on any atom is 0.276 e. The number of hydrogen-bond donors (Lipinski definition) is 1. The van der Waals surface area contributed by atoms with Gasteiger partial charge in [0.05, 0.1) is 0 Å². The van der Waals surface area contributed by atoms with Crippen molar-refractivity contribution in [1.82, 2.24) is 10.2 Å². The fourth-order valence-electron chi connectivity index (χ4n) is 1.61. The van der Waals surface area contributed by atoms with Gasteiger partial charge in [-0.3, -0.25) is 9.69 Å². The van der Waals surface area contributed by atoms with Crippen molar-refractivity contribution in [2.75, 3.05) is 6.54 Å². The Bertz CT molecular complexity index is 513. The molecule has 0 atom stereocenters. The molecule has 3 nitrogen and oxygen atoms in total. The monoisotopic (exact) mass is 250 g/mol. The molecule has 2 rings (SSSR count). The lowest BCUT2D eigenvalue weighted by Gasteiger charge is -2.08. The van der Waals surface area contributed by atoms with Gasteiger partial charge in [0.15, 0.2) is 5.11 Å². The van der Waals surface area contributed by atoms with E-state index in [0.29, 0.717) is 22.9 Å². The van der Waals surface area contributed by atoms with Crippen LogP contribution < -0.4 is 5.32 Å². The van der Waals surface area contributed by atoms with E-state index in [1.165, 1.54) is 17.0 Å². The van der Waals surface area contributed by atoms with Gasteiger partial charge >= 0.3 is 0 Å². The van der Waals surface area contributed by atoms with Crippen molar-refractivity contribution in [3.63, 3.8) is 0 Å². The number of amides is 1. The number of carbonyl (C=O) groups is 1. The van der Waals surface area contributed by atoms with Gasteiger partial charge < -0.3 is 5.32 Å². The third-order valence-electron chi connectivity index (χ3n) is 2.48. The van der Waals surface area contributed by atoms with Crippen LogP contribution in [0.15, 0.2) is 30.0 Å². The summed E-state index contributed by atoms with van der Waals surface area (Å²) in [6.45, 7) is 2.33. The number of benzene rings is 1. The minimum absolute atomic E-state index is 0.222. The first kappa shape index (κ1) is 11.7. The van der Waals surface area contributed by atoms with E-state index in [9.17, 15) is 9.18 Å². The Hall–Kier alpha value is -1.75. The number of nitrogens with zero attached hydrogens (tertiary/aromatic N) is 1. The first-order valence-corrected chi connectivity index (χ1v) is 5.63. The Morgan fingerprint density at radius 2 is 2.18 bits per heavy atom. The maximum absolute atomic E-state index is 13.4. The molecule has 17 heavy (non-hydrogen) atoms. The van der Waals surface area contributed by atoms with Gasteiger partial charge in [-0.1, -0.05) is 18.2 Å². The van der Waals surface area contributed by atoms with Gasteiger partial charge in [-0.15, -0.1) is 0 Å². The predicted octanol–water partition coefficient (Wildman–Crippen LogP) is 1.90. The van der Waals surface area contributed by atoms with E-state index in [2.05, 4.69) is 5.32 Å². The Morgan fingerprint density at radius 3 is 2.76 bits per heavy atom. The zero-order valence-electron chi connectivity index (χ0n) is 9.24. The van der Waals surface area contributed by atoms with Crippen molar-refractivity contribution in [3.8, 4) is 0 Å². The summed E-state index contributed by atoms with van der Waals surface area (Å²) in [5.41, 5.74) is 0.672. The number of rotatable bonds is 2. The maximum atomic E-state index is 13.4. The number of halogens is 1. The zero-order chi connectivity index (χ0) is 12.4. The summed E-state index contributed by atoms with van der Waals surface area (Å²) in [5, 5.41) is 3.14. The standard InChI is InChI=1S/C12H11FN2OS/c1-2-15-11(16)10(14-12(15)17)7-8-5-3-4-6-9(8)13/h3-7H,2H2,1H3,(H,14,17). The van der Waals surface area contributed by atoms with Crippen molar-refractivity contribution >= 4 is 29.3 Å². The fraction of sp³-hybridized carbons (Fsp3) is 0.167. The number of carbonyl (C=O) groups excluding carboxylic acids is 1. The van der Waals surface area contributed by atoms with E-state index in [1.54, 1.807) is 18.2 Å². The lowest BCUT2D eigenvalue weighted by Crippen LogP contribution is -2.30. The van der Waals surface area contributed by atoms with Crippen LogP contribution in [0.5, 0.6) is 0 Å². The average Bonchev–Trinajstić information content (AvgIpc) is 2.57. The first-order valence-electron chi connectivity index (χ1n) is 5.22. The SMILES string of the molecule is CCN1C(=O)C(=Cc2ccccc2F)NC1=S. The Morgan fingerprint density at radius 1 is 1.47 bits per heavy atom. The van der Waals surface area contributed by atoms with E-state index in [0.717, 1.165) is 0 Å². The summed E-state index contributed by atoms with van der Waals surface area (Å²) in [6.07, 6.45) is 1.47. The van der Waals surface area contributed by atoms with Crippen LogP contribution >= 0.6 is 12.2 Å². The molecule has 88 valence electrons. The second kappa shape index (κ2) is 4.63. The van der Waals surface area contributed by atoms with Gasteiger partial charge in [0.1, 0.15) is 11.5 Å². The molecule has 0 unspecified atom stereocenters. The third-order valence-corrected chi connectivity index (χ3v) is 2.81. The van der Waals surface area contributed by atoms with Crippen LogP contribution in [-0.2, 0) is 4.79 Å². The van der Waals surface area contributed by atoms with Crippen molar-refractivity contribution in [2.45, 2.75) is 6.92 Å². The largest absolute Gasteiger partial charge is 0.328 e. The van der Waals surface area contributed by atoms with Crippen LogP contribution in [-0.4, -0.2) is 22.5 Å². The van der Waals surface area contributed by atoms with Crippen LogP contribution in [0.3, 0.4) is 0 Å². The number of nitrogens with one attached hydrogen (secondary N) is 1. The topological polar surface area (TPSA) is 32.3 Å². The molecule has 0 saturated carbocycles.